The summed E-state index contributed by atoms with van der Waals surface area (Å²) in [5.41, 5.74) is -0.279. The SMILES string of the molecule is CC(C)C(Cl)CNC(=O)c1cc(F)c(F)c(F)c1. The van der Waals surface area contributed by atoms with Crippen molar-refractivity contribution in [2.45, 2.75) is 19.2 Å². The molecule has 1 atom stereocenters. The fourth-order valence-corrected chi connectivity index (χ4v) is 1.29. The standard InChI is InChI=1S/C12H13ClF3NO/c1-6(2)8(13)5-17-12(18)7-3-9(14)11(16)10(15)4-7/h3-4,6,8H,5H2,1-2H3,(H,17,18). The Bertz CT molecular complexity index is 428. The van der Waals surface area contributed by atoms with Gasteiger partial charge in [-0.05, 0) is 18.1 Å². The maximum Gasteiger partial charge on any atom is 0.251 e. The largest absolute Gasteiger partial charge is 0.351 e. The number of amides is 1. The molecular formula is C12H13ClF3NO. The number of rotatable bonds is 4. The molecule has 0 aliphatic carbocycles. The van der Waals surface area contributed by atoms with E-state index < -0.39 is 23.4 Å². The second-order valence-electron chi connectivity index (χ2n) is 4.22. The molecule has 100 valence electrons. The second kappa shape index (κ2) is 6.09. The van der Waals surface area contributed by atoms with Crippen LogP contribution in [0.15, 0.2) is 12.1 Å². The Hall–Kier alpha value is -1.23. The first-order valence-electron chi connectivity index (χ1n) is 5.39. The Kier molecular flexibility index (Phi) is 5.02. The molecule has 1 unspecified atom stereocenters. The number of hydrogen-bond acceptors (Lipinski definition) is 1. The number of nitrogens with one attached hydrogen (secondary N) is 1. The summed E-state index contributed by atoms with van der Waals surface area (Å²) in [4.78, 5) is 11.6. The zero-order valence-electron chi connectivity index (χ0n) is 9.94. The van der Waals surface area contributed by atoms with Crippen LogP contribution in [0, 0.1) is 23.4 Å². The van der Waals surface area contributed by atoms with E-state index in [1.54, 1.807) is 0 Å². The Morgan fingerprint density at radius 2 is 1.78 bits per heavy atom. The van der Waals surface area contributed by atoms with E-state index in [2.05, 4.69) is 5.32 Å². The molecule has 0 bridgehead atoms. The number of hydrogen-bond donors (Lipinski definition) is 1. The number of alkyl halides is 1. The minimum Gasteiger partial charge on any atom is -0.351 e. The number of carbonyl (C=O) groups is 1. The molecule has 0 aromatic heterocycles. The molecular weight excluding hydrogens is 267 g/mol. The fourth-order valence-electron chi connectivity index (χ4n) is 1.21. The van der Waals surface area contributed by atoms with Crippen LogP contribution in [0.4, 0.5) is 13.2 Å². The van der Waals surface area contributed by atoms with Crippen LogP contribution in [-0.4, -0.2) is 17.8 Å². The van der Waals surface area contributed by atoms with Gasteiger partial charge in [-0.25, -0.2) is 13.2 Å². The van der Waals surface area contributed by atoms with Crippen molar-refractivity contribution in [3.63, 3.8) is 0 Å². The van der Waals surface area contributed by atoms with Crippen molar-refractivity contribution in [1.29, 1.82) is 0 Å². The monoisotopic (exact) mass is 279 g/mol. The van der Waals surface area contributed by atoms with Crippen LogP contribution in [0.25, 0.3) is 0 Å². The van der Waals surface area contributed by atoms with Crippen LogP contribution in [0.2, 0.25) is 0 Å². The molecule has 1 amide bonds. The third-order valence-corrected chi connectivity index (χ3v) is 3.09. The predicted molar refractivity (Wildman–Crippen MR) is 63.1 cm³/mol. The zero-order valence-corrected chi connectivity index (χ0v) is 10.7. The molecule has 0 fully saturated rings. The summed E-state index contributed by atoms with van der Waals surface area (Å²) in [6, 6.07) is 1.29. The molecule has 18 heavy (non-hydrogen) atoms. The molecule has 0 saturated carbocycles. The Morgan fingerprint density at radius 3 is 2.22 bits per heavy atom. The van der Waals surface area contributed by atoms with Crippen LogP contribution < -0.4 is 5.32 Å². The van der Waals surface area contributed by atoms with Crippen molar-refractivity contribution < 1.29 is 18.0 Å². The van der Waals surface area contributed by atoms with E-state index in [1.807, 2.05) is 13.8 Å². The minimum atomic E-state index is -1.59. The van der Waals surface area contributed by atoms with Gasteiger partial charge in [0.05, 0.1) is 5.38 Å². The molecule has 0 saturated heterocycles. The van der Waals surface area contributed by atoms with Crippen molar-refractivity contribution in [3.05, 3.63) is 35.1 Å². The van der Waals surface area contributed by atoms with E-state index in [4.69, 9.17) is 11.6 Å². The first-order valence-corrected chi connectivity index (χ1v) is 5.83. The summed E-state index contributed by atoms with van der Waals surface area (Å²) in [7, 11) is 0. The van der Waals surface area contributed by atoms with Gasteiger partial charge in [0, 0.05) is 12.1 Å². The van der Waals surface area contributed by atoms with Crippen LogP contribution in [0.3, 0.4) is 0 Å². The Labute approximate surface area is 108 Å². The van der Waals surface area contributed by atoms with E-state index in [1.165, 1.54) is 0 Å². The summed E-state index contributed by atoms with van der Waals surface area (Å²) >= 11 is 5.91. The maximum absolute atomic E-state index is 12.9. The van der Waals surface area contributed by atoms with E-state index in [9.17, 15) is 18.0 Å². The van der Waals surface area contributed by atoms with Gasteiger partial charge in [0.2, 0.25) is 0 Å². The van der Waals surface area contributed by atoms with Gasteiger partial charge in [-0.1, -0.05) is 13.8 Å². The topological polar surface area (TPSA) is 29.1 Å². The summed E-state index contributed by atoms with van der Waals surface area (Å²) in [5, 5.41) is 2.14. The first kappa shape index (κ1) is 14.8. The first-order chi connectivity index (χ1) is 8.32. The van der Waals surface area contributed by atoms with Crippen LogP contribution in [-0.2, 0) is 0 Å². The van der Waals surface area contributed by atoms with Crippen LogP contribution in [0.1, 0.15) is 24.2 Å². The van der Waals surface area contributed by atoms with E-state index in [-0.39, 0.29) is 23.4 Å². The summed E-state index contributed by atoms with van der Waals surface area (Å²) in [6.07, 6.45) is 0. The van der Waals surface area contributed by atoms with Gasteiger partial charge in [-0.3, -0.25) is 4.79 Å². The molecule has 1 aromatic rings. The molecule has 2 nitrogen and oxygen atoms in total. The smallest absolute Gasteiger partial charge is 0.251 e. The molecule has 0 spiro atoms. The highest BCUT2D eigenvalue weighted by molar-refractivity contribution is 6.21. The summed E-state index contributed by atoms with van der Waals surface area (Å²) in [6.45, 7) is 3.92. The van der Waals surface area contributed by atoms with Gasteiger partial charge in [0.25, 0.3) is 5.91 Å². The number of benzene rings is 1. The molecule has 1 aromatic carbocycles. The van der Waals surface area contributed by atoms with Crippen molar-refractivity contribution in [2.75, 3.05) is 6.54 Å². The molecule has 0 radical (unpaired) electrons. The zero-order chi connectivity index (χ0) is 13.9. The normalized spacial score (nSPS) is 12.6. The minimum absolute atomic E-state index is 0.147. The fraction of sp³-hybridized carbons (Fsp3) is 0.417. The summed E-state index contributed by atoms with van der Waals surface area (Å²) in [5.74, 6) is -4.94. The lowest BCUT2D eigenvalue weighted by Crippen LogP contribution is -2.32. The Morgan fingerprint density at radius 1 is 1.28 bits per heavy atom. The predicted octanol–water partition coefficient (Wildman–Crippen LogP) is 3.10. The van der Waals surface area contributed by atoms with Gasteiger partial charge < -0.3 is 5.32 Å². The van der Waals surface area contributed by atoms with Gasteiger partial charge in [-0.2, -0.15) is 0 Å². The quantitative estimate of drug-likeness (QED) is 0.666. The van der Waals surface area contributed by atoms with Gasteiger partial charge >= 0.3 is 0 Å². The third-order valence-electron chi connectivity index (χ3n) is 2.43. The van der Waals surface area contributed by atoms with Gasteiger partial charge in [0.1, 0.15) is 0 Å². The molecule has 1 rings (SSSR count). The van der Waals surface area contributed by atoms with Crippen molar-refractivity contribution in [2.24, 2.45) is 5.92 Å². The lowest BCUT2D eigenvalue weighted by Gasteiger charge is -2.14. The van der Waals surface area contributed by atoms with Crippen molar-refractivity contribution in [3.8, 4) is 0 Å². The number of carbonyl (C=O) groups excluding carboxylic acids is 1. The molecule has 0 aliphatic heterocycles. The maximum atomic E-state index is 12.9. The second-order valence-corrected chi connectivity index (χ2v) is 4.78. The third kappa shape index (κ3) is 3.63. The van der Waals surface area contributed by atoms with Crippen molar-refractivity contribution >= 4 is 17.5 Å². The van der Waals surface area contributed by atoms with E-state index in [0.29, 0.717) is 12.1 Å². The molecule has 0 heterocycles. The van der Waals surface area contributed by atoms with Crippen molar-refractivity contribution in [1.82, 2.24) is 5.32 Å². The average molecular weight is 280 g/mol. The molecule has 6 heteroatoms. The highest BCUT2D eigenvalue weighted by atomic mass is 35.5. The average Bonchev–Trinajstić information content (AvgIpc) is 2.31. The number of halogens is 4. The van der Waals surface area contributed by atoms with Gasteiger partial charge in [0.15, 0.2) is 17.5 Å². The molecule has 1 N–H and O–H groups in total. The molecule has 0 aliphatic rings. The van der Waals surface area contributed by atoms with Gasteiger partial charge in [-0.15, -0.1) is 11.6 Å². The van der Waals surface area contributed by atoms with E-state index in [0.717, 1.165) is 0 Å². The van der Waals surface area contributed by atoms with Crippen LogP contribution in [0.5, 0.6) is 0 Å². The van der Waals surface area contributed by atoms with Crippen LogP contribution >= 0.6 is 11.6 Å². The highest BCUT2D eigenvalue weighted by Crippen LogP contribution is 2.14. The lowest BCUT2D eigenvalue weighted by molar-refractivity contribution is 0.0951. The summed E-state index contributed by atoms with van der Waals surface area (Å²) < 4.78 is 38.5. The lowest BCUT2D eigenvalue weighted by atomic mass is 10.1. The van der Waals surface area contributed by atoms with E-state index >= 15 is 0 Å². The highest BCUT2D eigenvalue weighted by Gasteiger charge is 2.16. The Balaban J connectivity index is 2.73.